The van der Waals surface area contributed by atoms with E-state index < -0.39 is 24.6 Å². The maximum Gasteiger partial charge on any atom is 0.411 e. The second-order valence-electron chi connectivity index (χ2n) is 7.91. The first-order valence-corrected chi connectivity index (χ1v) is 10.5. The molecule has 9 nitrogen and oxygen atoms in total. The molecule has 0 saturated carbocycles. The van der Waals surface area contributed by atoms with Crippen LogP contribution in [-0.2, 0) is 4.74 Å². The summed E-state index contributed by atoms with van der Waals surface area (Å²) in [6.07, 6.45) is 3.50. The molecule has 0 spiro atoms. The van der Waals surface area contributed by atoms with Crippen molar-refractivity contribution in [3.63, 3.8) is 0 Å². The summed E-state index contributed by atoms with van der Waals surface area (Å²) >= 11 is 6.34. The van der Waals surface area contributed by atoms with Gasteiger partial charge in [-0.15, -0.1) is 0 Å². The van der Waals surface area contributed by atoms with E-state index in [0.29, 0.717) is 33.4 Å². The Bertz CT molecular complexity index is 1220. The molecule has 0 radical (unpaired) electrons. The normalized spacial score (nSPS) is 15.2. The number of nitrogens with one attached hydrogen (secondary N) is 2. The molecule has 1 saturated heterocycles. The van der Waals surface area contributed by atoms with Crippen LogP contribution >= 0.6 is 11.6 Å². The van der Waals surface area contributed by atoms with E-state index in [1.165, 1.54) is 6.20 Å². The Labute approximate surface area is 192 Å². The number of fused-ring (bicyclic) bond motifs is 1. The van der Waals surface area contributed by atoms with Crippen LogP contribution in [0.1, 0.15) is 20.3 Å². The number of ether oxygens (including phenoxy) is 1. The molecular formula is C21H21ClF2N6O3. The van der Waals surface area contributed by atoms with Crippen LogP contribution in [0.5, 0.6) is 0 Å². The zero-order chi connectivity index (χ0) is 23.8. The number of alkyl halides is 2. The van der Waals surface area contributed by atoms with E-state index in [9.17, 15) is 18.4 Å². The molecular weight excluding hydrogens is 458 g/mol. The summed E-state index contributed by atoms with van der Waals surface area (Å²) in [7, 11) is 0. The summed E-state index contributed by atoms with van der Waals surface area (Å²) in [5.74, 6) is -2.51. The average Bonchev–Trinajstić information content (AvgIpc) is 3.31. The van der Waals surface area contributed by atoms with Gasteiger partial charge in [0.05, 0.1) is 35.2 Å². The van der Waals surface area contributed by atoms with Gasteiger partial charge in [0.15, 0.2) is 0 Å². The van der Waals surface area contributed by atoms with Gasteiger partial charge in [0, 0.05) is 36.6 Å². The molecule has 1 aliphatic rings. The Morgan fingerprint density at radius 1 is 1.21 bits per heavy atom. The Morgan fingerprint density at radius 3 is 2.70 bits per heavy atom. The van der Waals surface area contributed by atoms with Crippen molar-refractivity contribution in [2.24, 2.45) is 0 Å². The molecule has 4 rings (SSSR count). The van der Waals surface area contributed by atoms with Gasteiger partial charge in [-0.05, 0) is 32.0 Å². The van der Waals surface area contributed by atoms with Crippen LogP contribution in [0.4, 0.5) is 29.7 Å². The van der Waals surface area contributed by atoms with Crippen molar-refractivity contribution >= 4 is 40.9 Å². The first-order valence-electron chi connectivity index (χ1n) is 10.2. The maximum atomic E-state index is 13.4. The molecule has 2 aromatic heterocycles. The maximum absolute atomic E-state index is 13.4. The molecule has 0 atom stereocenters. The summed E-state index contributed by atoms with van der Waals surface area (Å²) < 4.78 is 33.5. The van der Waals surface area contributed by atoms with E-state index in [2.05, 4.69) is 20.6 Å². The summed E-state index contributed by atoms with van der Waals surface area (Å²) in [6, 6.07) is 4.15. The minimum Gasteiger partial charge on any atom is -0.447 e. The van der Waals surface area contributed by atoms with Crippen LogP contribution in [0.3, 0.4) is 0 Å². The van der Waals surface area contributed by atoms with E-state index in [4.69, 9.17) is 16.3 Å². The van der Waals surface area contributed by atoms with Gasteiger partial charge < -0.3 is 15.0 Å². The summed E-state index contributed by atoms with van der Waals surface area (Å²) in [6.45, 7) is 2.85. The summed E-state index contributed by atoms with van der Waals surface area (Å²) in [5.41, 5.74) is 1.78. The topological polar surface area (TPSA) is 101 Å². The van der Waals surface area contributed by atoms with Crippen molar-refractivity contribution < 1.29 is 23.1 Å². The minimum absolute atomic E-state index is 0.0154. The molecule has 0 aliphatic carbocycles. The number of imidazole rings is 1. The molecule has 1 fully saturated rings. The lowest BCUT2D eigenvalue weighted by Crippen LogP contribution is -2.34. The lowest BCUT2D eigenvalue weighted by molar-refractivity contribution is 0.0159. The van der Waals surface area contributed by atoms with Gasteiger partial charge in [0.2, 0.25) is 5.78 Å². The number of carbonyl (C=O) groups is 2. The van der Waals surface area contributed by atoms with E-state index in [-0.39, 0.29) is 19.1 Å². The third kappa shape index (κ3) is 5.30. The highest BCUT2D eigenvalue weighted by Gasteiger charge is 2.40. The summed E-state index contributed by atoms with van der Waals surface area (Å²) in [5, 5.41) is 5.59. The zero-order valence-corrected chi connectivity index (χ0v) is 18.6. The summed E-state index contributed by atoms with van der Waals surface area (Å²) in [4.78, 5) is 33.9. The number of urea groups is 1. The Balaban J connectivity index is 1.54. The first-order chi connectivity index (χ1) is 15.6. The number of aromatic nitrogens is 3. The van der Waals surface area contributed by atoms with E-state index in [1.807, 2.05) is 0 Å². The number of nitrogens with zero attached hydrogens (tertiary/aromatic N) is 4. The van der Waals surface area contributed by atoms with Gasteiger partial charge in [-0.1, -0.05) is 11.6 Å². The van der Waals surface area contributed by atoms with Crippen LogP contribution in [0.15, 0.2) is 36.8 Å². The molecule has 0 bridgehead atoms. The number of hydrogen-bond donors (Lipinski definition) is 2. The van der Waals surface area contributed by atoms with E-state index in [1.54, 1.807) is 48.8 Å². The fraction of sp³-hybridized carbons (Fsp3) is 0.333. The third-order valence-electron chi connectivity index (χ3n) is 4.85. The van der Waals surface area contributed by atoms with Crippen LogP contribution in [-0.4, -0.2) is 56.5 Å². The van der Waals surface area contributed by atoms with Gasteiger partial charge in [-0.3, -0.25) is 9.72 Å². The third-order valence-corrected chi connectivity index (χ3v) is 5.18. The van der Waals surface area contributed by atoms with Crippen molar-refractivity contribution in [3.05, 3.63) is 41.8 Å². The zero-order valence-electron chi connectivity index (χ0n) is 17.8. The second kappa shape index (κ2) is 8.81. The smallest absolute Gasteiger partial charge is 0.411 e. The van der Waals surface area contributed by atoms with E-state index in [0.717, 1.165) is 4.90 Å². The minimum atomic E-state index is -2.87. The molecule has 1 aromatic carbocycles. The van der Waals surface area contributed by atoms with Gasteiger partial charge >= 0.3 is 12.1 Å². The van der Waals surface area contributed by atoms with Gasteiger partial charge in [0.25, 0.3) is 5.92 Å². The number of likely N-dealkylation sites (tertiary alicyclic amines) is 1. The molecule has 174 valence electrons. The van der Waals surface area contributed by atoms with Crippen LogP contribution in [0.2, 0.25) is 5.02 Å². The largest absolute Gasteiger partial charge is 0.447 e. The van der Waals surface area contributed by atoms with Gasteiger partial charge in [-0.25, -0.2) is 28.3 Å². The predicted octanol–water partition coefficient (Wildman–Crippen LogP) is 4.88. The number of halogens is 3. The van der Waals surface area contributed by atoms with Crippen molar-refractivity contribution in [2.75, 3.05) is 23.7 Å². The predicted molar refractivity (Wildman–Crippen MR) is 119 cm³/mol. The van der Waals surface area contributed by atoms with E-state index >= 15 is 0 Å². The Kier molecular flexibility index (Phi) is 6.07. The molecule has 2 N–H and O–H groups in total. The average molecular weight is 479 g/mol. The number of benzene rings is 1. The lowest BCUT2D eigenvalue weighted by atomic mass is 10.1. The van der Waals surface area contributed by atoms with Crippen LogP contribution < -0.4 is 10.6 Å². The van der Waals surface area contributed by atoms with Crippen molar-refractivity contribution in [1.29, 1.82) is 0 Å². The second-order valence-corrected chi connectivity index (χ2v) is 8.31. The number of rotatable bonds is 4. The highest BCUT2D eigenvalue weighted by molar-refractivity contribution is 6.33. The Morgan fingerprint density at radius 2 is 2.00 bits per heavy atom. The lowest BCUT2D eigenvalue weighted by Gasteiger charge is -2.17. The van der Waals surface area contributed by atoms with Crippen LogP contribution in [0.25, 0.3) is 17.0 Å². The number of amides is 3. The van der Waals surface area contributed by atoms with Crippen molar-refractivity contribution in [3.8, 4) is 11.3 Å². The van der Waals surface area contributed by atoms with Gasteiger partial charge in [-0.2, -0.15) is 0 Å². The number of hydrogen-bond acceptors (Lipinski definition) is 5. The van der Waals surface area contributed by atoms with Crippen LogP contribution in [0, 0.1) is 0 Å². The fourth-order valence-electron chi connectivity index (χ4n) is 3.35. The molecule has 3 amide bonds. The van der Waals surface area contributed by atoms with Crippen molar-refractivity contribution in [1.82, 2.24) is 19.3 Å². The number of anilines is 2. The molecule has 3 heterocycles. The van der Waals surface area contributed by atoms with Gasteiger partial charge in [0.1, 0.15) is 0 Å². The number of carbonyl (C=O) groups excluding carboxylic acids is 2. The highest BCUT2D eigenvalue weighted by atomic mass is 35.5. The quantitative estimate of drug-likeness (QED) is 0.556. The highest BCUT2D eigenvalue weighted by Crippen LogP contribution is 2.31. The van der Waals surface area contributed by atoms with Crippen molar-refractivity contribution in [2.45, 2.75) is 32.3 Å². The SMILES string of the molecule is CC(C)OC(=O)Nc1cnc2nc(-c3cc(NC(=O)N4CCC(F)(F)C4)ccc3Cl)cn2c1. The molecule has 0 unspecified atom stereocenters. The Hall–Kier alpha value is -3.47. The fourth-order valence-corrected chi connectivity index (χ4v) is 3.57. The molecule has 1 aliphatic heterocycles. The monoisotopic (exact) mass is 478 g/mol. The standard InChI is InChI=1S/C21H21ClF2N6O3/c1-12(2)33-20(32)27-14-8-25-18-28-17(10-30(18)9-14)15-7-13(3-4-16(15)22)26-19(31)29-6-5-21(23,24)11-29/h3-4,7-10,12H,5-6,11H2,1-2H3,(H,26,31)(H,27,32). The first kappa shape index (κ1) is 22.7. The molecule has 12 heteroatoms. The molecule has 33 heavy (non-hydrogen) atoms. The molecule has 3 aromatic rings.